The van der Waals surface area contributed by atoms with Crippen molar-refractivity contribution in [3.8, 4) is 0 Å². The van der Waals surface area contributed by atoms with Crippen LogP contribution in [-0.2, 0) is 14.4 Å². The fourth-order valence-corrected chi connectivity index (χ4v) is 3.59. The number of aliphatic hydroxyl groups is 1. The molecule has 0 aromatic heterocycles. The summed E-state index contributed by atoms with van der Waals surface area (Å²) in [5.41, 5.74) is 1.61. The first-order chi connectivity index (χ1) is 11.7. The monoisotopic (exact) mass is 344 g/mol. The van der Waals surface area contributed by atoms with Gasteiger partial charge in [-0.3, -0.25) is 14.4 Å². The van der Waals surface area contributed by atoms with E-state index in [4.69, 9.17) is 0 Å². The van der Waals surface area contributed by atoms with Gasteiger partial charge < -0.3 is 14.9 Å². The van der Waals surface area contributed by atoms with E-state index in [-0.39, 0.29) is 35.2 Å². The van der Waals surface area contributed by atoms with Crippen molar-refractivity contribution in [2.45, 2.75) is 46.2 Å². The van der Waals surface area contributed by atoms with Crippen molar-refractivity contribution in [2.75, 3.05) is 16.8 Å². The van der Waals surface area contributed by atoms with E-state index >= 15 is 0 Å². The quantitative estimate of drug-likeness (QED) is 0.671. The number of fused-ring (bicyclic) bond motifs is 1. The minimum atomic E-state index is -0.733. The summed E-state index contributed by atoms with van der Waals surface area (Å²) in [6.07, 6.45) is 0.156. The minimum Gasteiger partial charge on any atom is -0.512 e. The lowest BCUT2D eigenvalue weighted by Gasteiger charge is -2.48. The fourth-order valence-electron chi connectivity index (χ4n) is 3.59. The molecule has 1 N–H and O–H groups in total. The number of aliphatic hydroxyl groups excluding tert-OH is 1. The van der Waals surface area contributed by atoms with Crippen LogP contribution in [0.15, 0.2) is 35.6 Å². The average molecular weight is 344 g/mol. The summed E-state index contributed by atoms with van der Waals surface area (Å²) in [6.45, 7) is 5.69. The molecule has 0 spiro atoms. The van der Waals surface area contributed by atoms with Gasteiger partial charge in [0, 0.05) is 20.4 Å². The number of Topliss-reactive ketones (excluding diaryl/α,β-unsaturated/α-hetero) is 2. The zero-order chi connectivity index (χ0) is 18.9. The van der Waals surface area contributed by atoms with Gasteiger partial charge in [0.1, 0.15) is 5.78 Å². The Morgan fingerprint density at radius 1 is 1.04 bits per heavy atom. The van der Waals surface area contributed by atoms with Gasteiger partial charge >= 0.3 is 0 Å². The largest absolute Gasteiger partial charge is 0.512 e. The van der Waals surface area contributed by atoms with Crippen molar-refractivity contribution in [1.29, 1.82) is 0 Å². The third kappa shape index (κ3) is 3.43. The van der Waals surface area contributed by atoms with Gasteiger partial charge in [0.25, 0.3) is 0 Å². The number of rotatable bonds is 4. The molecule has 0 saturated heterocycles. The molecule has 2 unspecified atom stereocenters. The highest BCUT2D eigenvalue weighted by molar-refractivity contribution is 6.03. The van der Waals surface area contributed by atoms with Crippen LogP contribution >= 0.6 is 0 Å². The summed E-state index contributed by atoms with van der Waals surface area (Å²) >= 11 is 0. The SMILES string of the molecule is CC(=O)CC1C(C(C(C)=O)=C(C)O)N(C(C)=O)c2ccccc2N1C. The highest BCUT2D eigenvalue weighted by atomic mass is 16.3. The molecule has 2 atom stereocenters. The zero-order valence-corrected chi connectivity index (χ0v) is 15.2. The molecule has 0 fully saturated rings. The molecule has 1 aromatic rings. The second-order valence-electron chi connectivity index (χ2n) is 6.46. The number of hydrogen-bond acceptors (Lipinski definition) is 5. The van der Waals surface area contributed by atoms with Gasteiger partial charge in [0.2, 0.25) is 5.91 Å². The molecule has 25 heavy (non-hydrogen) atoms. The number of likely N-dealkylation sites (N-methyl/N-ethyl adjacent to an activating group) is 1. The van der Waals surface area contributed by atoms with Crippen LogP contribution in [0.5, 0.6) is 0 Å². The third-order valence-corrected chi connectivity index (χ3v) is 4.56. The predicted molar refractivity (Wildman–Crippen MR) is 96.9 cm³/mol. The summed E-state index contributed by atoms with van der Waals surface area (Å²) in [7, 11) is 1.83. The van der Waals surface area contributed by atoms with Crippen LogP contribution in [0.2, 0.25) is 0 Å². The van der Waals surface area contributed by atoms with Crippen molar-refractivity contribution in [3.05, 3.63) is 35.6 Å². The lowest BCUT2D eigenvalue weighted by molar-refractivity contribution is -0.119. The maximum absolute atomic E-state index is 12.5. The Balaban J connectivity index is 2.77. The molecule has 2 rings (SSSR count). The molecule has 1 aromatic carbocycles. The minimum absolute atomic E-state index is 0.0526. The Bertz CT molecular complexity index is 750. The smallest absolute Gasteiger partial charge is 0.224 e. The molecule has 0 saturated carbocycles. The van der Waals surface area contributed by atoms with E-state index in [1.54, 1.807) is 6.07 Å². The first-order valence-corrected chi connectivity index (χ1v) is 8.18. The Kier molecular flexibility index (Phi) is 5.30. The van der Waals surface area contributed by atoms with E-state index in [0.29, 0.717) is 5.69 Å². The number of ketones is 2. The highest BCUT2D eigenvalue weighted by Gasteiger charge is 2.43. The number of nitrogens with zero attached hydrogens (tertiary/aromatic N) is 2. The standard InChI is InChI=1S/C19H24N2O4/c1-11(22)10-17-19(18(12(2)23)13(3)24)21(14(4)25)16-9-7-6-8-15(16)20(17)5/h6-9,17,19,23H,10H2,1-5H3. The number of carbonyl (C=O) groups is 3. The molecule has 1 heterocycles. The number of amides is 1. The van der Waals surface area contributed by atoms with Gasteiger partial charge in [-0.25, -0.2) is 0 Å². The Labute approximate surface area is 147 Å². The van der Waals surface area contributed by atoms with Crippen LogP contribution in [0.4, 0.5) is 11.4 Å². The van der Waals surface area contributed by atoms with Crippen molar-refractivity contribution < 1.29 is 19.5 Å². The van der Waals surface area contributed by atoms with Crippen molar-refractivity contribution in [2.24, 2.45) is 0 Å². The van der Waals surface area contributed by atoms with Gasteiger partial charge in [0.05, 0.1) is 34.8 Å². The van der Waals surface area contributed by atoms with Crippen LogP contribution in [-0.4, -0.2) is 41.7 Å². The van der Waals surface area contributed by atoms with Gasteiger partial charge in [-0.05, 0) is 32.9 Å². The Morgan fingerprint density at radius 2 is 1.60 bits per heavy atom. The topological polar surface area (TPSA) is 77.9 Å². The molecule has 134 valence electrons. The van der Waals surface area contributed by atoms with Gasteiger partial charge in [-0.15, -0.1) is 0 Å². The number of hydrogen-bond donors (Lipinski definition) is 1. The van der Waals surface area contributed by atoms with E-state index in [1.165, 1.54) is 32.6 Å². The molecule has 6 nitrogen and oxygen atoms in total. The normalized spacial score (nSPS) is 20.7. The van der Waals surface area contributed by atoms with Crippen LogP contribution < -0.4 is 9.80 Å². The van der Waals surface area contributed by atoms with Crippen LogP contribution in [0.3, 0.4) is 0 Å². The Morgan fingerprint density at radius 3 is 2.04 bits per heavy atom. The second kappa shape index (κ2) is 7.09. The van der Waals surface area contributed by atoms with Crippen LogP contribution in [0.1, 0.15) is 34.1 Å². The molecule has 0 bridgehead atoms. The molecule has 6 heteroatoms. The number of para-hydroxylation sites is 2. The van der Waals surface area contributed by atoms with E-state index in [9.17, 15) is 19.5 Å². The summed E-state index contributed by atoms with van der Waals surface area (Å²) in [6, 6.07) is 6.17. The summed E-state index contributed by atoms with van der Waals surface area (Å²) in [4.78, 5) is 40.0. The predicted octanol–water partition coefficient (Wildman–Crippen LogP) is 2.63. The van der Waals surface area contributed by atoms with E-state index in [1.807, 2.05) is 30.1 Å². The van der Waals surface area contributed by atoms with Crippen LogP contribution in [0.25, 0.3) is 0 Å². The maximum Gasteiger partial charge on any atom is 0.224 e. The first-order valence-electron chi connectivity index (χ1n) is 8.18. The van der Waals surface area contributed by atoms with E-state index < -0.39 is 12.1 Å². The maximum atomic E-state index is 12.5. The van der Waals surface area contributed by atoms with Gasteiger partial charge in [-0.2, -0.15) is 0 Å². The molecule has 1 amide bonds. The molecule has 0 radical (unpaired) electrons. The van der Waals surface area contributed by atoms with Crippen LogP contribution in [0, 0.1) is 0 Å². The molecular weight excluding hydrogens is 320 g/mol. The molecular formula is C19H24N2O4. The molecule has 1 aliphatic heterocycles. The van der Waals surface area contributed by atoms with Crippen molar-refractivity contribution in [1.82, 2.24) is 0 Å². The van der Waals surface area contributed by atoms with Crippen molar-refractivity contribution in [3.63, 3.8) is 0 Å². The Hall–Kier alpha value is -2.63. The van der Waals surface area contributed by atoms with Crippen molar-refractivity contribution >= 4 is 28.8 Å². The number of anilines is 2. The second-order valence-corrected chi connectivity index (χ2v) is 6.46. The molecule has 0 aliphatic carbocycles. The highest BCUT2D eigenvalue weighted by Crippen LogP contribution is 2.41. The number of benzene rings is 1. The van der Waals surface area contributed by atoms with Gasteiger partial charge in [0.15, 0.2) is 5.78 Å². The average Bonchev–Trinajstić information content (AvgIpc) is 2.49. The first kappa shape index (κ1) is 18.7. The number of carbonyl (C=O) groups excluding carboxylic acids is 3. The lowest BCUT2D eigenvalue weighted by atomic mass is 9.86. The lowest BCUT2D eigenvalue weighted by Crippen LogP contribution is -2.59. The third-order valence-electron chi connectivity index (χ3n) is 4.56. The summed E-state index contributed by atoms with van der Waals surface area (Å²) in [5.74, 6) is -0.759. The van der Waals surface area contributed by atoms with Gasteiger partial charge in [-0.1, -0.05) is 12.1 Å². The fraction of sp³-hybridized carbons (Fsp3) is 0.421. The molecule has 1 aliphatic rings. The number of allylic oxidation sites excluding steroid dienone is 1. The van der Waals surface area contributed by atoms with E-state index in [2.05, 4.69) is 0 Å². The summed E-state index contributed by atoms with van der Waals surface area (Å²) < 4.78 is 0. The van der Waals surface area contributed by atoms with E-state index in [0.717, 1.165) is 5.69 Å². The summed E-state index contributed by atoms with van der Waals surface area (Å²) in [5, 5.41) is 10.1. The zero-order valence-electron chi connectivity index (χ0n) is 15.2.